The van der Waals surface area contributed by atoms with Crippen LogP contribution in [-0.2, 0) is 9.63 Å². The topological polar surface area (TPSA) is 38.8 Å². The summed E-state index contributed by atoms with van der Waals surface area (Å²) in [6, 6.07) is 5.12. The van der Waals surface area contributed by atoms with Crippen molar-refractivity contribution in [2.24, 2.45) is 5.41 Å². The molecule has 0 aromatic heterocycles. The number of hydrogen-bond donors (Lipinski definition) is 0. The number of carbonyl (C=O) groups is 1. The first-order valence-corrected chi connectivity index (χ1v) is 8.10. The molecule has 122 valence electrons. The van der Waals surface area contributed by atoms with Crippen LogP contribution >= 0.6 is 23.2 Å². The molecule has 0 spiro atoms. The third-order valence-corrected chi connectivity index (χ3v) is 3.74. The van der Waals surface area contributed by atoms with Crippen molar-refractivity contribution in [1.82, 2.24) is 5.06 Å². The van der Waals surface area contributed by atoms with Crippen LogP contribution in [0.25, 0.3) is 0 Å². The van der Waals surface area contributed by atoms with E-state index < -0.39 is 5.41 Å². The van der Waals surface area contributed by atoms with Crippen molar-refractivity contribution >= 4 is 29.2 Å². The Hall–Kier alpha value is -0.970. The van der Waals surface area contributed by atoms with Gasteiger partial charge in [-0.05, 0) is 51.8 Å². The predicted molar refractivity (Wildman–Crippen MR) is 87.2 cm³/mol. The van der Waals surface area contributed by atoms with E-state index in [0.717, 1.165) is 19.4 Å². The summed E-state index contributed by atoms with van der Waals surface area (Å²) in [6.07, 6.45) is 1.74. The Morgan fingerprint density at radius 1 is 1.23 bits per heavy atom. The number of halogens is 2. The van der Waals surface area contributed by atoms with Crippen LogP contribution in [0.2, 0.25) is 10.0 Å². The van der Waals surface area contributed by atoms with Gasteiger partial charge in [0, 0.05) is 16.6 Å². The second-order valence-corrected chi connectivity index (χ2v) is 7.38. The fourth-order valence-corrected chi connectivity index (χ4v) is 2.63. The van der Waals surface area contributed by atoms with Crippen molar-refractivity contribution < 1.29 is 14.4 Å². The largest absolute Gasteiger partial charge is 0.489 e. The molecule has 1 aliphatic heterocycles. The summed E-state index contributed by atoms with van der Waals surface area (Å²) in [5.41, 5.74) is -0.520. The summed E-state index contributed by atoms with van der Waals surface area (Å²) < 4.78 is 5.91. The second kappa shape index (κ2) is 7.07. The Morgan fingerprint density at radius 3 is 2.45 bits per heavy atom. The van der Waals surface area contributed by atoms with Gasteiger partial charge in [0.25, 0.3) is 0 Å². The average Bonchev–Trinajstić information content (AvgIpc) is 2.36. The predicted octanol–water partition coefficient (Wildman–Crippen LogP) is 4.34. The van der Waals surface area contributed by atoms with Crippen LogP contribution in [0.5, 0.6) is 5.75 Å². The smallest absolute Gasteiger partial charge is 0.330 e. The van der Waals surface area contributed by atoms with Crippen molar-refractivity contribution in [3.8, 4) is 5.75 Å². The van der Waals surface area contributed by atoms with Crippen LogP contribution in [0.3, 0.4) is 0 Å². The molecular weight excluding hydrogens is 325 g/mol. The van der Waals surface area contributed by atoms with Gasteiger partial charge in [-0.1, -0.05) is 23.2 Å². The lowest BCUT2D eigenvalue weighted by atomic mass is 9.98. The van der Waals surface area contributed by atoms with Gasteiger partial charge in [-0.15, -0.1) is 5.06 Å². The Labute approximate surface area is 141 Å². The number of piperidine rings is 1. The molecule has 1 fully saturated rings. The van der Waals surface area contributed by atoms with Crippen molar-refractivity contribution in [3.05, 3.63) is 28.2 Å². The van der Waals surface area contributed by atoms with Gasteiger partial charge in [-0.3, -0.25) is 0 Å². The minimum absolute atomic E-state index is 0.0592. The van der Waals surface area contributed by atoms with Crippen LogP contribution in [-0.4, -0.2) is 30.2 Å². The van der Waals surface area contributed by atoms with E-state index in [2.05, 4.69) is 0 Å². The summed E-state index contributed by atoms with van der Waals surface area (Å²) in [7, 11) is 0. The minimum atomic E-state index is -0.520. The maximum atomic E-state index is 11.9. The highest BCUT2D eigenvalue weighted by Gasteiger charge is 2.29. The molecule has 0 N–H and O–H groups in total. The first kappa shape index (κ1) is 17.4. The lowest BCUT2D eigenvalue weighted by molar-refractivity contribution is -0.209. The van der Waals surface area contributed by atoms with Gasteiger partial charge in [-0.2, -0.15) is 0 Å². The van der Waals surface area contributed by atoms with E-state index in [1.54, 1.807) is 23.3 Å². The molecule has 6 heteroatoms. The fraction of sp³-hybridized carbons (Fsp3) is 0.562. The molecule has 22 heavy (non-hydrogen) atoms. The summed E-state index contributed by atoms with van der Waals surface area (Å²) in [6.45, 7) is 6.76. The monoisotopic (exact) mass is 345 g/mol. The van der Waals surface area contributed by atoms with Gasteiger partial charge < -0.3 is 9.57 Å². The number of ether oxygens (including phenoxy) is 1. The molecule has 0 aliphatic carbocycles. The standard InChI is InChI=1S/C16H21Cl2NO3/c1-16(2,3)15(20)22-19-6-4-5-13(10-19)21-14-8-11(17)7-12(18)9-14/h7-9,13H,4-6,10H2,1-3H3/t13-/m1/s1. The highest BCUT2D eigenvalue weighted by Crippen LogP contribution is 2.27. The Kier molecular flexibility index (Phi) is 5.59. The maximum absolute atomic E-state index is 11.9. The molecule has 4 nitrogen and oxygen atoms in total. The van der Waals surface area contributed by atoms with Crippen LogP contribution in [0.15, 0.2) is 18.2 Å². The molecule has 0 amide bonds. The third kappa shape index (κ3) is 5.04. The van der Waals surface area contributed by atoms with Crippen LogP contribution in [0.1, 0.15) is 33.6 Å². The molecule has 1 aliphatic rings. The van der Waals surface area contributed by atoms with Crippen LogP contribution in [0, 0.1) is 5.41 Å². The number of carbonyl (C=O) groups excluding carboxylic acids is 1. The van der Waals surface area contributed by atoms with Gasteiger partial charge in [0.05, 0.1) is 12.0 Å². The lowest BCUT2D eigenvalue weighted by Gasteiger charge is -2.32. The number of rotatable bonds is 3. The second-order valence-electron chi connectivity index (χ2n) is 6.50. The molecule has 1 heterocycles. The van der Waals surface area contributed by atoms with Crippen molar-refractivity contribution in [2.45, 2.75) is 39.7 Å². The maximum Gasteiger partial charge on any atom is 0.330 e. The van der Waals surface area contributed by atoms with Crippen molar-refractivity contribution in [1.29, 1.82) is 0 Å². The van der Waals surface area contributed by atoms with Crippen LogP contribution in [0.4, 0.5) is 0 Å². The van der Waals surface area contributed by atoms with Gasteiger partial charge in [0.2, 0.25) is 0 Å². The highest BCUT2D eigenvalue weighted by atomic mass is 35.5. The summed E-state index contributed by atoms with van der Waals surface area (Å²) >= 11 is 11.9. The molecular formula is C16H21Cl2NO3. The van der Waals surface area contributed by atoms with Crippen LogP contribution < -0.4 is 4.74 Å². The zero-order valence-corrected chi connectivity index (χ0v) is 14.6. The number of hydrogen-bond acceptors (Lipinski definition) is 4. The molecule has 1 aromatic rings. The minimum Gasteiger partial charge on any atom is -0.489 e. The quantitative estimate of drug-likeness (QED) is 0.816. The van der Waals surface area contributed by atoms with Gasteiger partial charge in [0.15, 0.2) is 0 Å². The summed E-state index contributed by atoms with van der Waals surface area (Å²) in [5, 5.41) is 2.75. The van der Waals surface area contributed by atoms with Crippen molar-refractivity contribution in [2.75, 3.05) is 13.1 Å². The molecule has 1 aromatic carbocycles. The van der Waals surface area contributed by atoms with E-state index in [1.807, 2.05) is 20.8 Å². The first-order valence-electron chi connectivity index (χ1n) is 7.34. The van der Waals surface area contributed by atoms with Gasteiger partial charge >= 0.3 is 5.97 Å². The molecule has 2 rings (SSSR count). The van der Waals surface area contributed by atoms with E-state index in [9.17, 15) is 4.79 Å². The third-order valence-electron chi connectivity index (χ3n) is 3.30. The molecule has 1 saturated heterocycles. The average molecular weight is 346 g/mol. The SMILES string of the molecule is CC(C)(C)C(=O)ON1CCC[C@@H](Oc2cc(Cl)cc(Cl)c2)C1. The molecule has 1 atom stereocenters. The number of benzene rings is 1. The first-order chi connectivity index (χ1) is 10.2. The van der Waals surface area contributed by atoms with E-state index in [0.29, 0.717) is 22.3 Å². The lowest BCUT2D eigenvalue weighted by Crippen LogP contribution is -2.43. The summed E-state index contributed by atoms with van der Waals surface area (Å²) in [4.78, 5) is 17.4. The highest BCUT2D eigenvalue weighted by molar-refractivity contribution is 6.34. The number of nitrogens with zero attached hydrogens (tertiary/aromatic N) is 1. The van der Waals surface area contributed by atoms with E-state index in [4.69, 9.17) is 32.8 Å². The fourth-order valence-electron chi connectivity index (χ4n) is 2.13. The molecule has 0 saturated carbocycles. The summed E-state index contributed by atoms with van der Waals surface area (Å²) in [5.74, 6) is 0.394. The van der Waals surface area contributed by atoms with E-state index in [-0.39, 0.29) is 12.1 Å². The van der Waals surface area contributed by atoms with Crippen molar-refractivity contribution in [3.63, 3.8) is 0 Å². The molecule has 0 bridgehead atoms. The zero-order valence-electron chi connectivity index (χ0n) is 13.1. The van der Waals surface area contributed by atoms with Gasteiger partial charge in [0.1, 0.15) is 11.9 Å². The normalized spacial score (nSPS) is 19.8. The van der Waals surface area contributed by atoms with E-state index >= 15 is 0 Å². The Bertz CT molecular complexity index is 522. The van der Waals surface area contributed by atoms with E-state index in [1.165, 1.54) is 0 Å². The van der Waals surface area contributed by atoms with Gasteiger partial charge in [-0.25, -0.2) is 4.79 Å². The Balaban J connectivity index is 1.94. The zero-order chi connectivity index (χ0) is 16.3. The molecule has 0 radical (unpaired) electrons. The Morgan fingerprint density at radius 2 is 1.86 bits per heavy atom. The number of hydroxylamine groups is 2. The molecule has 0 unspecified atom stereocenters.